The first-order valence-electron chi connectivity index (χ1n) is 5.12. The second-order valence-electron chi connectivity index (χ2n) is 3.63. The largest absolute Gasteiger partial charge is 0.477 e. The summed E-state index contributed by atoms with van der Waals surface area (Å²) in [7, 11) is 0. The Morgan fingerprint density at radius 1 is 1.30 bits per heavy atom. The van der Waals surface area contributed by atoms with Gasteiger partial charge in [-0.25, -0.2) is 9.78 Å². The molecule has 1 amide bonds. The Balaban J connectivity index is 2.33. The van der Waals surface area contributed by atoms with Crippen molar-refractivity contribution in [1.29, 1.82) is 0 Å². The average molecular weight is 379 g/mol. The number of nitrogens with one attached hydrogen (secondary N) is 2. The van der Waals surface area contributed by atoms with Gasteiger partial charge in [-0.1, -0.05) is 39.1 Å². The van der Waals surface area contributed by atoms with Gasteiger partial charge in [0.15, 0.2) is 11.4 Å². The van der Waals surface area contributed by atoms with Crippen molar-refractivity contribution in [1.82, 2.24) is 9.97 Å². The fourth-order valence-corrected chi connectivity index (χ4v) is 2.77. The molecule has 0 aliphatic carbocycles. The zero-order chi connectivity index (χ0) is 14.9. The molecule has 0 saturated carbocycles. The number of carboxylic acid groups (broad SMARTS) is 1. The summed E-state index contributed by atoms with van der Waals surface area (Å²) in [5, 5.41) is 11.8. The Labute approximate surface area is 131 Å². The molecule has 0 bridgehead atoms. The smallest absolute Gasteiger partial charge is 0.354 e. The number of H-pyrrole nitrogens is 1. The van der Waals surface area contributed by atoms with Crippen molar-refractivity contribution in [2.45, 2.75) is 0 Å². The number of carbonyl (C=O) groups excluding carboxylic acids is 1. The number of aromatic carboxylic acids is 1. The van der Waals surface area contributed by atoms with Gasteiger partial charge in [0.25, 0.3) is 5.91 Å². The maximum absolute atomic E-state index is 12.0. The molecule has 0 unspecified atom stereocenters. The van der Waals surface area contributed by atoms with Crippen LogP contribution in [0.2, 0.25) is 10.0 Å². The molecular weight excluding hydrogens is 373 g/mol. The lowest BCUT2D eigenvalue weighted by atomic mass is 10.2. The molecule has 2 rings (SSSR count). The number of amides is 1. The third-order valence-electron chi connectivity index (χ3n) is 2.31. The highest BCUT2D eigenvalue weighted by Crippen LogP contribution is 2.34. The van der Waals surface area contributed by atoms with Crippen molar-refractivity contribution in [2.75, 3.05) is 5.32 Å². The standard InChI is InChI=1S/C11H6BrCl2N3O3/c12-4-1-5(13)7(6(14)2-4)17-10(18)8-9(11(19)20)16-3-15-8/h1-3H,(H,15,16)(H,17,18)(H,19,20). The number of anilines is 1. The molecular formula is C11H6BrCl2N3O3. The van der Waals surface area contributed by atoms with Crippen molar-refractivity contribution in [3.63, 3.8) is 0 Å². The van der Waals surface area contributed by atoms with Crippen LogP contribution in [-0.4, -0.2) is 27.0 Å². The summed E-state index contributed by atoms with van der Waals surface area (Å²) in [5.74, 6) is -2.02. The minimum atomic E-state index is -1.29. The number of carbonyl (C=O) groups is 2. The number of benzene rings is 1. The molecule has 3 N–H and O–H groups in total. The van der Waals surface area contributed by atoms with Crippen molar-refractivity contribution < 1.29 is 14.7 Å². The van der Waals surface area contributed by atoms with E-state index >= 15 is 0 Å². The van der Waals surface area contributed by atoms with E-state index in [0.29, 0.717) is 4.47 Å². The van der Waals surface area contributed by atoms with Crippen LogP contribution in [0.4, 0.5) is 5.69 Å². The van der Waals surface area contributed by atoms with Crippen molar-refractivity contribution >= 4 is 56.7 Å². The molecule has 104 valence electrons. The third kappa shape index (κ3) is 2.95. The Morgan fingerprint density at radius 3 is 2.45 bits per heavy atom. The molecule has 0 aliphatic rings. The minimum Gasteiger partial charge on any atom is -0.477 e. The van der Waals surface area contributed by atoms with Gasteiger partial charge >= 0.3 is 5.97 Å². The van der Waals surface area contributed by atoms with Crippen LogP contribution in [0.3, 0.4) is 0 Å². The first-order chi connectivity index (χ1) is 9.40. The molecule has 1 heterocycles. The molecule has 0 aliphatic heterocycles. The highest BCUT2D eigenvalue weighted by molar-refractivity contribution is 9.10. The van der Waals surface area contributed by atoms with Gasteiger partial charge in [-0.3, -0.25) is 4.79 Å². The molecule has 9 heteroatoms. The van der Waals surface area contributed by atoms with Crippen molar-refractivity contribution in [3.8, 4) is 0 Å². The summed E-state index contributed by atoms with van der Waals surface area (Å²) in [6.45, 7) is 0. The summed E-state index contributed by atoms with van der Waals surface area (Å²) >= 11 is 15.1. The topological polar surface area (TPSA) is 95.1 Å². The number of carboxylic acids is 1. The van der Waals surface area contributed by atoms with E-state index in [0.717, 1.165) is 6.33 Å². The summed E-state index contributed by atoms with van der Waals surface area (Å²) in [5.41, 5.74) is -0.389. The molecule has 2 aromatic rings. The van der Waals surface area contributed by atoms with Gasteiger partial charge in [0.2, 0.25) is 0 Å². The molecule has 0 radical (unpaired) electrons. The highest BCUT2D eigenvalue weighted by Gasteiger charge is 2.21. The molecule has 0 saturated heterocycles. The van der Waals surface area contributed by atoms with Crippen LogP contribution < -0.4 is 5.32 Å². The second-order valence-corrected chi connectivity index (χ2v) is 5.36. The van der Waals surface area contributed by atoms with Gasteiger partial charge in [0.1, 0.15) is 0 Å². The van der Waals surface area contributed by atoms with Crippen LogP contribution in [0.5, 0.6) is 0 Å². The number of hydrogen-bond acceptors (Lipinski definition) is 3. The van der Waals surface area contributed by atoms with E-state index in [-0.39, 0.29) is 27.1 Å². The average Bonchev–Trinajstić information content (AvgIpc) is 2.82. The van der Waals surface area contributed by atoms with E-state index < -0.39 is 11.9 Å². The minimum absolute atomic E-state index is 0.181. The summed E-state index contributed by atoms with van der Waals surface area (Å²) < 4.78 is 0.650. The maximum atomic E-state index is 12.0. The first-order valence-corrected chi connectivity index (χ1v) is 6.67. The van der Waals surface area contributed by atoms with Crippen molar-refractivity contribution in [2.24, 2.45) is 0 Å². The van der Waals surface area contributed by atoms with Gasteiger partial charge in [-0.05, 0) is 12.1 Å². The number of imidazole rings is 1. The van der Waals surface area contributed by atoms with Crippen LogP contribution in [0.1, 0.15) is 21.0 Å². The van der Waals surface area contributed by atoms with Gasteiger partial charge in [-0.15, -0.1) is 0 Å². The van der Waals surface area contributed by atoms with E-state index in [2.05, 4.69) is 31.2 Å². The van der Waals surface area contributed by atoms with Crippen LogP contribution in [0.25, 0.3) is 0 Å². The van der Waals surface area contributed by atoms with Crippen LogP contribution >= 0.6 is 39.1 Å². The van der Waals surface area contributed by atoms with Crippen molar-refractivity contribution in [3.05, 3.63) is 44.4 Å². The van der Waals surface area contributed by atoms with Gasteiger partial charge in [-0.2, -0.15) is 0 Å². The second kappa shape index (κ2) is 5.82. The van der Waals surface area contributed by atoms with E-state index in [1.54, 1.807) is 12.1 Å². The lowest BCUT2D eigenvalue weighted by Crippen LogP contribution is -2.17. The lowest BCUT2D eigenvalue weighted by molar-refractivity contribution is 0.0686. The van der Waals surface area contributed by atoms with Crippen LogP contribution in [-0.2, 0) is 0 Å². The molecule has 1 aromatic heterocycles. The predicted octanol–water partition coefficient (Wildman–Crippen LogP) is 3.43. The Hall–Kier alpha value is -1.57. The van der Waals surface area contributed by atoms with E-state index in [1.807, 2.05) is 0 Å². The summed E-state index contributed by atoms with van der Waals surface area (Å²) in [6, 6.07) is 3.09. The normalized spacial score (nSPS) is 10.3. The number of halogens is 3. The quantitative estimate of drug-likeness (QED) is 0.762. The number of hydrogen-bond donors (Lipinski definition) is 3. The Bertz CT molecular complexity index is 679. The van der Waals surface area contributed by atoms with E-state index in [9.17, 15) is 9.59 Å². The first kappa shape index (κ1) is 14.8. The zero-order valence-electron chi connectivity index (χ0n) is 9.58. The zero-order valence-corrected chi connectivity index (χ0v) is 12.7. The molecule has 6 nitrogen and oxygen atoms in total. The fourth-order valence-electron chi connectivity index (χ4n) is 1.46. The molecule has 20 heavy (non-hydrogen) atoms. The lowest BCUT2D eigenvalue weighted by Gasteiger charge is -2.09. The predicted molar refractivity (Wildman–Crippen MR) is 77.7 cm³/mol. The molecule has 0 spiro atoms. The van der Waals surface area contributed by atoms with Gasteiger partial charge in [0, 0.05) is 4.47 Å². The maximum Gasteiger partial charge on any atom is 0.354 e. The summed E-state index contributed by atoms with van der Waals surface area (Å²) in [6.07, 6.45) is 1.11. The Morgan fingerprint density at radius 2 is 1.90 bits per heavy atom. The highest BCUT2D eigenvalue weighted by atomic mass is 79.9. The van der Waals surface area contributed by atoms with Gasteiger partial charge < -0.3 is 15.4 Å². The summed E-state index contributed by atoms with van der Waals surface area (Å²) in [4.78, 5) is 28.9. The van der Waals surface area contributed by atoms with E-state index in [4.69, 9.17) is 28.3 Å². The number of aromatic nitrogens is 2. The monoisotopic (exact) mass is 377 g/mol. The number of aromatic amines is 1. The number of nitrogens with zero attached hydrogens (tertiary/aromatic N) is 1. The number of rotatable bonds is 3. The Kier molecular flexibility index (Phi) is 4.32. The van der Waals surface area contributed by atoms with Crippen LogP contribution in [0.15, 0.2) is 22.9 Å². The molecule has 0 fully saturated rings. The van der Waals surface area contributed by atoms with E-state index in [1.165, 1.54) is 0 Å². The molecule has 0 atom stereocenters. The van der Waals surface area contributed by atoms with Gasteiger partial charge in [0.05, 0.1) is 22.1 Å². The van der Waals surface area contributed by atoms with Crippen LogP contribution in [0, 0.1) is 0 Å². The molecule has 1 aromatic carbocycles. The fraction of sp³-hybridized carbons (Fsp3) is 0. The third-order valence-corrected chi connectivity index (χ3v) is 3.37. The SMILES string of the molecule is O=C(Nc1c(Cl)cc(Br)cc1Cl)c1nc[nH]c1C(=O)O.